The first kappa shape index (κ1) is 11.2. The van der Waals surface area contributed by atoms with E-state index in [-0.39, 0.29) is 11.7 Å². The molecule has 0 saturated heterocycles. The van der Waals surface area contributed by atoms with Crippen LogP contribution in [0.1, 0.15) is 49.5 Å². The molecule has 0 bridgehead atoms. The molecule has 0 N–H and O–H groups in total. The fourth-order valence-electron chi connectivity index (χ4n) is 2.47. The van der Waals surface area contributed by atoms with Gasteiger partial charge in [0.1, 0.15) is 5.69 Å². The third-order valence-corrected chi connectivity index (χ3v) is 3.61. The predicted molar refractivity (Wildman–Crippen MR) is 62.1 cm³/mol. The average molecular weight is 218 g/mol. The summed E-state index contributed by atoms with van der Waals surface area (Å²) in [5.41, 5.74) is 0.530. The highest BCUT2D eigenvalue weighted by Gasteiger charge is 2.26. The lowest BCUT2D eigenvalue weighted by atomic mass is 9.78. The third kappa shape index (κ3) is 2.46. The Balaban J connectivity index is 1.97. The van der Waals surface area contributed by atoms with Gasteiger partial charge in [0.25, 0.3) is 0 Å². The zero-order chi connectivity index (χ0) is 11.4. The smallest absolute Gasteiger partial charge is 0.185 e. The Morgan fingerprint density at radius 2 is 2.06 bits per heavy atom. The fourth-order valence-corrected chi connectivity index (χ4v) is 2.47. The number of rotatable bonds is 3. The summed E-state index contributed by atoms with van der Waals surface area (Å²) in [5, 5.41) is 0. The van der Waals surface area contributed by atoms with Crippen LogP contribution in [0, 0.1) is 11.8 Å². The van der Waals surface area contributed by atoms with Crippen LogP contribution in [0.4, 0.5) is 0 Å². The lowest BCUT2D eigenvalue weighted by Gasteiger charge is -2.26. The molecular weight excluding hydrogens is 200 g/mol. The fraction of sp³-hybridized carbons (Fsp3) is 0.615. The number of hydrogen-bond donors (Lipinski definition) is 0. The van der Waals surface area contributed by atoms with E-state index in [2.05, 4.69) is 16.9 Å². The highest BCUT2D eigenvalue weighted by molar-refractivity contribution is 5.95. The summed E-state index contributed by atoms with van der Waals surface area (Å²) in [4.78, 5) is 20.1. The van der Waals surface area contributed by atoms with Gasteiger partial charge in [0.2, 0.25) is 0 Å². The van der Waals surface area contributed by atoms with Crippen molar-refractivity contribution in [3.8, 4) is 0 Å². The van der Waals surface area contributed by atoms with Crippen molar-refractivity contribution in [3.05, 3.63) is 24.3 Å². The van der Waals surface area contributed by atoms with Crippen molar-refractivity contribution in [2.75, 3.05) is 0 Å². The lowest BCUT2D eigenvalue weighted by Crippen LogP contribution is -2.22. The maximum Gasteiger partial charge on any atom is 0.185 e. The second-order valence-corrected chi connectivity index (χ2v) is 4.58. The van der Waals surface area contributed by atoms with Gasteiger partial charge < -0.3 is 0 Å². The summed E-state index contributed by atoms with van der Waals surface area (Å²) in [6.45, 7) is 2.23. The molecule has 0 spiro atoms. The largest absolute Gasteiger partial charge is 0.292 e. The van der Waals surface area contributed by atoms with E-state index < -0.39 is 0 Å². The number of ketones is 1. The molecule has 2 rings (SSSR count). The predicted octanol–water partition coefficient (Wildman–Crippen LogP) is 2.88. The Hall–Kier alpha value is -1.25. The van der Waals surface area contributed by atoms with Gasteiger partial charge >= 0.3 is 0 Å². The number of hydrogen-bond acceptors (Lipinski definition) is 3. The molecule has 1 heterocycles. The SMILES string of the molecule is CCC1CCC(C(=O)c2cnccn2)CC1. The Morgan fingerprint density at radius 1 is 1.31 bits per heavy atom. The minimum Gasteiger partial charge on any atom is -0.292 e. The van der Waals surface area contributed by atoms with Crippen LogP contribution in [0.3, 0.4) is 0 Å². The highest BCUT2D eigenvalue weighted by Crippen LogP contribution is 2.32. The van der Waals surface area contributed by atoms with Gasteiger partial charge in [0, 0.05) is 18.3 Å². The quantitative estimate of drug-likeness (QED) is 0.733. The van der Waals surface area contributed by atoms with Gasteiger partial charge in [-0.25, -0.2) is 4.98 Å². The van der Waals surface area contributed by atoms with Gasteiger partial charge in [-0.05, 0) is 31.6 Å². The number of aromatic nitrogens is 2. The van der Waals surface area contributed by atoms with Crippen LogP contribution in [0.25, 0.3) is 0 Å². The number of carbonyl (C=O) groups is 1. The Labute approximate surface area is 96.3 Å². The molecular formula is C13H18N2O. The summed E-state index contributed by atoms with van der Waals surface area (Å²) in [5.74, 6) is 1.19. The number of carbonyl (C=O) groups excluding carboxylic acids is 1. The molecule has 1 aliphatic carbocycles. The molecule has 1 aliphatic rings. The van der Waals surface area contributed by atoms with Crippen LogP contribution in [0.5, 0.6) is 0 Å². The van der Waals surface area contributed by atoms with E-state index in [1.165, 1.54) is 19.3 Å². The highest BCUT2D eigenvalue weighted by atomic mass is 16.1. The van der Waals surface area contributed by atoms with Crippen molar-refractivity contribution < 1.29 is 4.79 Å². The van der Waals surface area contributed by atoms with E-state index >= 15 is 0 Å². The Morgan fingerprint density at radius 3 is 2.62 bits per heavy atom. The summed E-state index contributed by atoms with van der Waals surface area (Å²) in [7, 11) is 0. The standard InChI is InChI=1S/C13H18N2O/c1-2-10-3-5-11(6-4-10)13(16)12-9-14-7-8-15-12/h7-11H,2-6H2,1H3. The van der Waals surface area contributed by atoms with E-state index in [0.717, 1.165) is 18.8 Å². The molecule has 0 unspecified atom stereocenters. The van der Waals surface area contributed by atoms with Crippen molar-refractivity contribution >= 4 is 5.78 Å². The van der Waals surface area contributed by atoms with Crippen molar-refractivity contribution in [3.63, 3.8) is 0 Å². The van der Waals surface area contributed by atoms with Crippen molar-refractivity contribution in [1.82, 2.24) is 9.97 Å². The maximum absolute atomic E-state index is 12.1. The monoisotopic (exact) mass is 218 g/mol. The summed E-state index contributed by atoms with van der Waals surface area (Å²) in [6.07, 6.45) is 10.4. The van der Waals surface area contributed by atoms with Gasteiger partial charge in [-0.15, -0.1) is 0 Å². The molecule has 3 heteroatoms. The normalized spacial score (nSPS) is 25.3. The number of nitrogens with zero attached hydrogens (tertiary/aromatic N) is 2. The molecule has 0 amide bonds. The van der Waals surface area contributed by atoms with Crippen molar-refractivity contribution in [2.45, 2.75) is 39.0 Å². The molecule has 0 atom stereocenters. The molecule has 1 aromatic rings. The van der Waals surface area contributed by atoms with Crippen LogP contribution in [0.15, 0.2) is 18.6 Å². The Kier molecular flexibility index (Phi) is 3.65. The molecule has 0 aromatic carbocycles. The maximum atomic E-state index is 12.1. The van der Waals surface area contributed by atoms with Crippen LogP contribution in [0.2, 0.25) is 0 Å². The van der Waals surface area contributed by atoms with Gasteiger partial charge in [0.15, 0.2) is 5.78 Å². The first-order valence-corrected chi connectivity index (χ1v) is 6.11. The summed E-state index contributed by atoms with van der Waals surface area (Å²) >= 11 is 0. The second-order valence-electron chi connectivity index (χ2n) is 4.58. The van der Waals surface area contributed by atoms with E-state index in [0.29, 0.717) is 5.69 Å². The van der Waals surface area contributed by atoms with Crippen molar-refractivity contribution in [2.24, 2.45) is 11.8 Å². The molecule has 0 radical (unpaired) electrons. The summed E-state index contributed by atoms with van der Waals surface area (Å²) in [6, 6.07) is 0. The van der Waals surface area contributed by atoms with Gasteiger partial charge in [-0.3, -0.25) is 9.78 Å². The molecule has 1 aromatic heterocycles. The molecule has 86 valence electrons. The number of Topliss-reactive ketones (excluding diaryl/α,β-unsaturated/α-hetero) is 1. The zero-order valence-electron chi connectivity index (χ0n) is 9.72. The zero-order valence-corrected chi connectivity index (χ0v) is 9.72. The minimum atomic E-state index is 0.180. The first-order valence-electron chi connectivity index (χ1n) is 6.11. The molecule has 0 aliphatic heterocycles. The van der Waals surface area contributed by atoms with Crippen LogP contribution in [-0.2, 0) is 0 Å². The van der Waals surface area contributed by atoms with E-state index in [9.17, 15) is 4.79 Å². The molecule has 1 fully saturated rings. The van der Waals surface area contributed by atoms with E-state index in [1.807, 2.05) is 0 Å². The average Bonchev–Trinajstić information content (AvgIpc) is 2.39. The molecule has 3 nitrogen and oxygen atoms in total. The lowest BCUT2D eigenvalue weighted by molar-refractivity contribution is 0.0865. The Bertz CT molecular complexity index is 342. The van der Waals surface area contributed by atoms with Crippen LogP contribution >= 0.6 is 0 Å². The third-order valence-electron chi connectivity index (χ3n) is 3.61. The molecule has 1 saturated carbocycles. The second kappa shape index (κ2) is 5.19. The van der Waals surface area contributed by atoms with Gasteiger partial charge in [-0.2, -0.15) is 0 Å². The topological polar surface area (TPSA) is 42.9 Å². The van der Waals surface area contributed by atoms with E-state index in [1.54, 1.807) is 18.6 Å². The van der Waals surface area contributed by atoms with Crippen LogP contribution < -0.4 is 0 Å². The minimum absolute atomic E-state index is 0.180. The van der Waals surface area contributed by atoms with E-state index in [4.69, 9.17) is 0 Å². The van der Waals surface area contributed by atoms with Crippen molar-refractivity contribution in [1.29, 1.82) is 0 Å². The first-order chi connectivity index (χ1) is 7.81. The summed E-state index contributed by atoms with van der Waals surface area (Å²) < 4.78 is 0. The van der Waals surface area contributed by atoms with Gasteiger partial charge in [-0.1, -0.05) is 13.3 Å². The van der Waals surface area contributed by atoms with Crippen LogP contribution in [-0.4, -0.2) is 15.8 Å². The van der Waals surface area contributed by atoms with Gasteiger partial charge in [0.05, 0.1) is 6.20 Å². The molecule has 16 heavy (non-hydrogen) atoms.